The summed E-state index contributed by atoms with van der Waals surface area (Å²) in [6.45, 7) is 6.98. The molecule has 1 saturated heterocycles. The lowest BCUT2D eigenvalue weighted by Gasteiger charge is -2.38. The van der Waals surface area contributed by atoms with Gasteiger partial charge in [0.15, 0.2) is 0 Å². The van der Waals surface area contributed by atoms with Gasteiger partial charge in [0.05, 0.1) is 6.20 Å². The molecule has 3 atom stereocenters. The van der Waals surface area contributed by atoms with Crippen molar-refractivity contribution in [2.45, 2.75) is 45.8 Å². The van der Waals surface area contributed by atoms with Crippen molar-refractivity contribution in [3.05, 3.63) is 17.8 Å². The number of aryl methyl sites for hydroxylation is 1. The smallest absolute Gasteiger partial charge is 0.246 e. The molecule has 1 aliphatic rings. The molecule has 0 saturated carbocycles. The molecule has 98 valence electrons. The van der Waals surface area contributed by atoms with Crippen LogP contribution in [0, 0.1) is 6.92 Å². The standard InChI is InChI=1S/C12H17N3O3/c1-6-5-13-11(18-6)9(4)15-8(3)10(16)14-7(2)12(15)17/h5,7-9H,1-4H3,(H,14,16). The maximum Gasteiger partial charge on any atom is 0.246 e. The summed E-state index contributed by atoms with van der Waals surface area (Å²) < 4.78 is 5.43. The number of amides is 2. The number of piperazine rings is 1. The zero-order valence-electron chi connectivity index (χ0n) is 10.9. The molecule has 3 unspecified atom stereocenters. The highest BCUT2D eigenvalue weighted by Gasteiger charge is 2.40. The van der Waals surface area contributed by atoms with Gasteiger partial charge in [0.1, 0.15) is 23.9 Å². The average molecular weight is 251 g/mol. The van der Waals surface area contributed by atoms with Crippen LogP contribution < -0.4 is 5.32 Å². The summed E-state index contributed by atoms with van der Waals surface area (Å²) in [5.74, 6) is 0.865. The Balaban J connectivity index is 2.29. The Hall–Kier alpha value is -1.85. The monoisotopic (exact) mass is 251 g/mol. The minimum atomic E-state index is -0.518. The minimum absolute atomic E-state index is 0.120. The predicted molar refractivity (Wildman–Crippen MR) is 63.6 cm³/mol. The summed E-state index contributed by atoms with van der Waals surface area (Å²) in [6, 6.07) is -1.38. The van der Waals surface area contributed by atoms with E-state index >= 15 is 0 Å². The molecule has 6 nitrogen and oxygen atoms in total. The summed E-state index contributed by atoms with van der Waals surface area (Å²) in [6.07, 6.45) is 1.61. The molecule has 6 heteroatoms. The molecule has 2 amide bonds. The first kappa shape index (κ1) is 12.6. The van der Waals surface area contributed by atoms with Gasteiger partial charge in [-0.2, -0.15) is 0 Å². The molecular weight excluding hydrogens is 234 g/mol. The zero-order chi connectivity index (χ0) is 13.4. The third-order valence-electron chi connectivity index (χ3n) is 3.19. The topological polar surface area (TPSA) is 75.4 Å². The molecule has 0 aliphatic carbocycles. The second kappa shape index (κ2) is 4.44. The molecule has 18 heavy (non-hydrogen) atoms. The first-order valence-corrected chi connectivity index (χ1v) is 5.96. The van der Waals surface area contributed by atoms with Gasteiger partial charge in [0, 0.05) is 0 Å². The highest BCUT2D eigenvalue weighted by Crippen LogP contribution is 2.25. The van der Waals surface area contributed by atoms with Crippen molar-refractivity contribution >= 4 is 11.8 Å². The van der Waals surface area contributed by atoms with E-state index in [-0.39, 0.29) is 17.9 Å². The Morgan fingerprint density at radius 1 is 1.44 bits per heavy atom. The van der Waals surface area contributed by atoms with Gasteiger partial charge in [0.25, 0.3) is 0 Å². The zero-order valence-corrected chi connectivity index (χ0v) is 10.9. The maximum atomic E-state index is 12.1. The summed E-state index contributed by atoms with van der Waals surface area (Å²) in [5, 5.41) is 2.64. The van der Waals surface area contributed by atoms with Crippen molar-refractivity contribution in [1.82, 2.24) is 15.2 Å². The predicted octanol–water partition coefficient (Wildman–Crippen LogP) is 0.779. The minimum Gasteiger partial charge on any atom is -0.444 e. The highest BCUT2D eigenvalue weighted by atomic mass is 16.4. The highest BCUT2D eigenvalue weighted by molar-refractivity contribution is 5.96. The van der Waals surface area contributed by atoms with Gasteiger partial charge in [-0.05, 0) is 27.7 Å². The largest absolute Gasteiger partial charge is 0.444 e. The van der Waals surface area contributed by atoms with Crippen molar-refractivity contribution in [2.75, 3.05) is 0 Å². The molecule has 0 spiro atoms. The van der Waals surface area contributed by atoms with Crippen LogP contribution in [-0.2, 0) is 9.59 Å². The fourth-order valence-electron chi connectivity index (χ4n) is 2.15. The second-order valence-corrected chi connectivity index (χ2v) is 4.64. The molecule has 2 rings (SSSR count). The molecule has 1 aromatic rings. The fraction of sp³-hybridized carbons (Fsp3) is 0.583. The van der Waals surface area contributed by atoms with Crippen LogP contribution in [0.5, 0.6) is 0 Å². The molecule has 0 aromatic carbocycles. The van der Waals surface area contributed by atoms with E-state index in [9.17, 15) is 9.59 Å². The van der Waals surface area contributed by atoms with Crippen LogP contribution >= 0.6 is 0 Å². The number of carbonyl (C=O) groups excluding carboxylic acids is 2. The Labute approximate surface area is 105 Å². The molecule has 0 radical (unpaired) electrons. The van der Waals surface area contributed by atoms with E-state index in [1.54, 1.807) is 27.0 Å². The molecular formula is C12H17N3O3. The van der Waals surface area contributed by atoms with Crippen molar-refractivity contribution < 1.29 is 14.0 Å². The number of hydrogen-bond donors (Lipinski definition) is 1. The van der Waals surface area contributed by atoms with Gasteiger partial charge in [0.2, 0.25) is 17.7 Å². The van der Waals surface area contributed by atoms with Crippen molar-refractivity contribution in [3.8, 4) is 0 Å². The average Bonchev–Trinajstić information content (AvgIpc) is 2.73. The molecule has 1 fully saturated rings. The molecule has 1 N–H and O–H groups in total. The van der Waals surface area contributed by atoms with Gasteiger partial charge in [-0.25, -0.2) is 4.98 Å². The van der Waals surface area contributed by atoms with E-state index in [4.69, 9.17) is 4.42 Å². The quantitative estimate of drug-likeness (QED) is 0.842. The summed E-state index contributed by atoms with van der Waals surface area (Å²) in [7, 11) is 0. The third-order valence-corrected chi connectivity index (χ3v) is 3.19. The van der Waals surface area contributed by atoms with Crippen LogP contribution in [0.4, 0.5) is 0 Å². The lowest BCUT2D eigenvalue weighted by Crippen LogP contribution is -2.61. The molecule has 2 heterocycles. The van der Waals surface area contributed by atoms with Crippen LogP contribution in [0.3, 0.4) is 0 Å². The van der Waals surface area contributed by atoms with Gasteiger partial charge in [-0.1, -0.05) is 0 Å². The van der Waals surface area contributed by atoms with Gasteiger partial charge in [-0.3, -0.25) is 9.59 Å². The van der Waals surface area contributed by atoms with E-state index in [0.717, 1.165) is 0 Å². The van der Waals surface area contributed by atoms with E-state index in [1.165, 1.54) is 4.90 Å². The van der Waals surface area contributed by atoms with Crippen molar-refractivity contribution in [2.24, 2.45) is 0 Å². The Kier molecular flexibility index (Phi) is 3.11. The second-order valence-electron chi connectivity index (χ2n) is 4.64. The molecule has 1 aromatic heterocycles. The van der Waals surface area contributed by atoms with Crippen molar-refractivity contribution in [3.63, 3.8) is 0 Å². The Morgan fingerprint density at radius 2 is 2.11 bits per heavy atom. The third kappa shape index (κ3) is 1.98. The normalized spacial score (nSPS) is 26.1. The van der Waals surface area contributed by atoms with E-state index in [0.29, 0.717) is 11.7 Å². The molecule has 0 bridgehead atoms. The number of nitrogens with zero attached hydrogens (tertiary/aromatic N) is 2. The number of carbonyl (C=O) groups is 2. The van der Waals surface area contributed by atoms with Gasteiger partial charge in [-0.15, -0.1) is 0 Å². The van der Waals surface area contributed by atoms with Gasteiger partial charge >= 0.3 is 0 Å². The van der Waals surface area contributed by atoms with Crippen LogP contribution in [0.25, 0.3) is 0 Å². The SMILES string of the molecule is Cc1cnc(C(C)N2C(=O)C(C)NC(=O)C2C)o1. The van der Waals surface area contributed by atoms with E-state index in [1.807, 2.05) is 6.92 Å². The van der Waals surface area contributed by atoms with Crippen LogP contribution in [0.1, 0.15) is 38.5 Å². The van der Waals surface area contributed by atoms with Crippen molar-refractivity contribution in [1.29, 1.82) is 0 Å². The summed E-state index contributed by atoms with van der Waals surface area (Å²) >= 11 is 0. The summed E-state index contributed by atoms with van der Waals surface area (Å²) in [5.41, 5.74) is 0. The lowest BCUT2D eigenvalue weighted by molar-refractivity contribution is -0.151. The van der Waals surface area contributed by atoms with Crippen LogP contribution in [0.15, 0.2) is 10.6 Å². The van der Waals surface area contributed by atoms with Gasteiger partial charge < -0.3 is 14.6 Å². The number of nitrogens with one attached hydrogen (secondary N) is 1. The van der Waals surface area contributed by atoms with Crippen LogP contribution in [-0.4, -0.2) is 33.8 Å². The van der Waals surface area contributed by atoms with E-state index in [2.05, 4.69) is 10.3 Å². The Morgan fingerprint density at radius 3 is 2.67 bits per heavy atom. The maximum absolute atomic E-state index is 12.1. The first-order valence-electron chi connectivity index (χ1n) is 5.96. The number of aromatic nitrogens is 1. The summed E-state index contributed by atoms with van der Waals surface area (Å²) in [4.78, 5) is 29.5. The molecule has 1 aliphatic heterocycles. The number of rotatable bonds is 2. The lowest BCUT2D eigenvalue weighted by atomic mass is 10.1. The fourth-order valence-corrected chi connectivity index (χ4v) is 2.15. The van der Waals surface area contributed by atoms with Crippen LogP contribution in [0.2, 0.25) is 0 Å². The number of hydrogen-bond acceptors (Lipinski definition) is 4. The van der Waals surface area contributed by atoms with E-state index < -0.39 is 12.1 Å². The number of oxazole rings is 1. The Bertz CT molecular complexity index is 483. The first-order chi connectivity index (χ1) is 8.41.